The number of benzene rings is 1. The Morgan fingerprint density at radius 3 is 2.57 bits per heavy atom. The normalized spacial score (nSPS) is 11.2. The van der Waals surface area contributed by atoms with Gasteiger partial charge in [0.15, 0.2) is 21.4 Å². The highest BCUT2D eigenvalue weighted by Gasteiger charge is 2.15. The zero-order chi connectivity index (χ0) is 16.9. The number of ether oxygens (including phenoxy) is 1. The molecule has 7 nitrogen and oxygen atoms in total. The van der Waals surface area contributed by atoms with Crippen molar-refractivity contribution in [3.63, 3.8) is 0 Å². The highest BCUT2D eigenvalue weighted by molar-refractivity contribution is 7.91. The number of aromatic hydroxyl groups is 1. The predicted molar refractivity (Wildman–Crippen MR) is 84.2 cm³/mol. The molecule has 0 spiro atoms. The molecule has 23 heavy (non-hydrogen) atoms. The fourth-order valence-corrected chi connectivity index (χ4v) is 2.97. The van der Waals surface area contributed by atoms with Crippen LogP contribution in [0.1, 0.15) is 10.4 Å². The van der Waals surface area contributed by atoms with Crippen LogP contribution in [-0.2, 0) is 14.6 Å². The summed E-state index contributed by atoms with van der Waals surface area (Å²) in [6, 6.07) is 8.44. The minimum absolute atomic E-state index is 0.0364. The smallest absolute Gasteiger partial charge is 0.256 e. The first-order chi connectivity index (χ1) is 10.9. The minimum atomic E-state index is -3.44. The van der Waals surface area contributed by atoms with E-state index in [-0.39, 0.29) is 34.4 Å². The summed E-state index contributed by atoms with van der Waals surface area (Å²) in [4.78, 5) is 16.0. The number of rotatable bonds is 6. The van der Waals surface area contributed by atoms with Gasteiger partial charge >= 0.3 is 0 Å². The first-order valence-electron chi connectivity index (χ1n) is 6.71. The van der Waals surface area contributed by atoms with E-state index in [1.54, 1.807) is 0 Å². The summed E-state index contributed by atoms with van der Waals surface area (Å²) in [6.07, 6.45) is 1.43. The lowest BCUT2D eigenvalue weighted by atomic mass is 10.2. The molecule has 1 amide bonds. The molecule has 0 aliphatic carbocycles. The molecule has 0 saturated carbocycles. The van der Waals surface area contributed by atoms with E-state index in [4.69, 9.17) is 4.74 Å². The van der Waals surface area contributed by atoms with E-state index in [2.05, 4.69) is 10.3 Å². The van der Waals surface area contributed by atoms with E-state index in [1.807, 2.05) is 0 Å². The number of pyridine rings is 1. The Hall–Kier alpha value is -2.45. The van der Waals surface area contributed by atoms with Crippen LogP contribution in [0.4, 0.5) is 5.82 Å². The molecule has 8 heteroatoms. The molecule has 2 rings (SSSR count). The van der Waals surface area contributed by atoms with Gasteiger partial charge in [0.25, 0.3) is 5.91 Å². The topological polar surface area (TPSA) is 106 Å². The van der Waals surface area contributed by atoms with Crippen LogP contribution in [-0.4, -0.2) is 43.9 Å². The maximum atomic E-state index is 12.1. The number of anilines is 1. The van der Waals surface area contributed by atoms with Gasteiger partial charge in [-0.1, -0.05) is 0 Å². The quantitative estimate of drug-likeness (QED) is 0.827. The molecular formula is C15H16N2O5S. The fraction of sp³-hybridized carbons (Fsp3) is 0.200. The lowest BCUT2D eigenvalue weighted by Gasteiger charge is -2.07. The molecule has 1 aromatic heterocycles. The summed E-state index contributed by atoms with van der Waals surface area (Å²) in [6.45, 7) is 0.101. The summed E-state index contributed by atoms with van der Waals surface area (Å²) in [7, 11) is -2.01. The van der Waals surface area contributed by atoms with Crippen molar-refractivity contribution in [1.29, 1.82) is 0 Å². The average Bonchev–Trinajstić information content (AvgIpc) is 2.55. The monoisotopic (exact) mass is 336 g/mol. The van der Waals surface area contributed by atoms with Crippen LogP contribution in [0.25, 0.3) is 0 Å². The van der Waals surface area contributed by atoms with Crippen LogP contribution in [0.2, 0.25) is 0 Å². The molecule has 0 saturated heterocycles. The van der Waals surface area contributed by atoms with Gasteiger partial charge in [-0.05, 0) is 36.4 Å². The molecule has 0 unspecified atom stereocenters. The lowest BCUT2D eigenvalue weighted by molar-refractivity contribution is 0.102. The Bertz CT molecular complexity index is 788. The van der Waals surface area contributed by atoms with E-state index in [1.165, 1.54) is 49.7 Å². The molecule has 0 aliphatic heterocycles. The van der Waals surface area contributed by atoms with Crippen LogP contribution < -0.4 is 5.32 Å². The van der Waals surface area contributed by atoms with E-state index >= 15 is 0 Å². The Labute approximate surface area is 133 Å². The van der Waals surface area contributed by atoms with Gasteiger partial charge in [-0.3, -0.25) is 4.79 Å². The molecule has 0 bridgehead atoms. The summed E-state index contributed by atoms with van der Waals surface area (Å²) < 4.78 is 28.7. The molecule has 1 aromatic carbocycles. The van der Waals surface area contributed by atoms with Crippen LogP contribution in [0.15, 0.2) is 47.5 Å². The van der Waals surface area contributed by atoms with Crippen molar-refractivity contribution < 1.29 is 23.1 Å². The predicted octanol–water partition coefficient (Wildman–Crippen LogP) is 1.46. The third-order valence-electron chi connectivity index (χ3n) is 3.05. The number of hydrogen-bond donors (Lipinski definition) is 2. The van der Waals surface area contributed by atoms with Crippen molar-refractivity contribution >= 4 is 21.6 Å². The Kier molecular flexibility index (Phi) is 5.30. The van der Waals surface area contributed by atoms with Crippen LogP contribution >= 0.6 is 0 Å². The minimum Gasteiger partial charge on any atom is -0.504 e. The first kappa shape index (κ1) is 16.9. The third kappa shape index (κ3) is 4.27. The fourth-order valence-electron chi connectivity index (χ4n) is 1.80. The standard InChI is InChI=1S/C15H16N2O5S/c1-22-9-10-23(20,21)12-6-4-11(5-7-12)15(19)17-14-13(18)3-2-8-16-14/h2-8,18H,9-10H2,1H3,(H,16,17,19). The van der Waals surface area contributed by atoms with Crippen LogP contribution in [0.3, 0.4) is 0 Å². The van der Waals surface area contributed by atoms with E-state index in [9.17, 15) is 18.3 Å². The number of nitrogens with zero attached hydrogens (tertiary/aromatic N) is 1. The van der Waals surface area contributed by atoms with Crippen molar-refractivity contribution in [2.24, 2.45) is 0 Å². The van der Waals surface area contributed by atoms with Crippen molar-refractivity contribution in [1.82, 2.24) is 4.98 Å². The number of hydrogen-bond acceptors (Lipinski definition) is 6. The number of carbonyl (C=O) groups excluding carboxylic acids is 1. The van der Waals surface area contributed by atoms with Gasteiger partial charge in [0.1, 0.15) is 0 Å². The lowest BCUT2D eigenvalue weighted by Crippen LogP contribution is -2.14. The number of carbonyl (C=O) groups is 1. The van der Waals surface area contributed by atoms with Gasteiger partial charge in [-0.15, -0.1) is 0 Å². The van der Waals surface area contributed by atoms with Gasteiger partial charge in [0.2, 0.25) is 0 Å². The number of methoxy groups -OCH3 is 1. The molecule has 0 radical (unpaired) electrons. The summed E-state index contributed by atoms with van der Waals surface area (Å²) in [5.74, 6) is -0.745. The van der Waals surface area contributed by atoms with Gasteiger partial charge in [0.05, 0.1) is 17.3 Å². The second kappa shape index (κ2) is 7.21. The van der Waals surface area contributed by atoms with Gasteiger partial charge in [-0.2, -0.15) is 0 Å². The highest BCUT2D eigenvalue weighted by Crippen LogP contribution is 2.19. The molecular weight excluding hydrogens is 320 g/mol. The molecule has 0 atom stereocenters. The number of sulfone groups is 1. The van der Waals surface area contributed by atoms with E-state index in [0.29, 0.717) is 0 Å². The second-order valence-electron chi connectivity index (χ2n) is 4.66. The van der Waals surface area contributed by atoms with Crippen molar-refractivity contribution in [3.8, 4) is 5.75 Å². The molecule has 2 N–H and O–H groups in total. The molecule has 1 heterocycles. The highest BCUT2D eigenvalue weighted by atomic mass is 32.2. The van der Waals surface area contributed by atoms with Crippen molar-refractivity contribution in [2.75, 3.05) is 24.8 Å². The average molecular weight is 336 g/mol. The third-order valence-corrected chi connectivity index (χ3v) is 4.74. The zero-order valence-corrected chi connectivity index (χ0v) is 13.2. The van der Waals surface area contributed by atoms with E-state index < -0.39 is 15.7 Å². The second-order valence-corrected chi connectivity index (χ2v) is 6.77. The first-order valence-corrected chi connectivity index (χ1v) is 8.36. The van der Waals surface area contributed by atoms with E-state index in [0.717, 1.165) is 0 Å². The maximum Gasteiger partial charge on any atom is 0.256 e. The number of aromatic nitrogens is 1. The Morgan fingerprint density at radius 2 is 1.96 bits per heavy atom. The van der Waals surface area contributed by atoms with Gasteiger partial charge < -0.3 is 15.2 Å². The number of nitrogens with one attached hydrogen (secondary N) is 1. The largest absolute Gasteiger partial charge is 0.504 e. The zero-order valence-electron chi connectivity index (χ0n) is 12.4. The Balaban J connectivity index is 2.13. The van der Waals surface area contributed by atoms with Gasteiger partial charge in [0, 0.05) is 18.9 Å². The Morgan fingerprint density at radius 1 is 1.26 bits per heavy atom. The van der Waals surface area contributed by atoms with Gasteiger partial charge in [-0.25, -0.2) is 13.4 Å². The van der Waals surface area contributed by atoms with Crippen LogP contribution in [0.5, 0.6) is 5.75 Å². The maximum absolute atomic E-state index is 12.1. The summed E-state index contributed by atoms with van der Waals surface area (Å²) >= 11 is 0. The molecule has 0 fully saturated rings. The van der Waals surface area contributed by atoms with Crippen LogP contribution in [0, 0.1) is 0 Å². The molecule has 0 aliphatic rings. The molecule has 122 valence electrons. The molecule has 2 aromatic rings. The number of amides is 1. The summed E-state index contributed by atoms with van der Waals surface area (Å²) in [5.41, 5.74) is 0.251. The van der Waals surface area contributed by atoms with Crippen molar-refractivity contribution in [2.45, 2.75) is 4.90 Å². The van der Waals surface area contributed by atoms with Crippen molar-refractivity contribution in [3.05, 3.63) is 48.2 Å². The summed E-state index contributed by atoms with van der Waals surface area (Å²) in [5, 5.41) is 12.0. The SMILES string of the molecule is COCCS(=O)(=O)c1ccc(C(=O)Nc2ncccc2O)cc1.